The van der Waals surface area contributed by atoms with Crippen LogP contribution in [0.4, 0.5) is 0 Å². The largest absolute Gasteiger partial charge is 0.459 e. The second-order valence-electron chi connectivity index (χ2n) is 6.20. The summed E-state index contributed by atoms with van der Waals surface area (Å²) in [7, 11) is 0. The molecule has 0 aromatic carbocycles. The molecule has 136 valence electrons. The molecule has 4 heterocycles. The molecular formula is C18H20N4O3S. The van der Waals surface area contributed by atoms with Gasteiger partial charge in [-0.3, -0.25) is 9.69 Å². The highest BCUT2D eigenvalue weighted by atomic mass is 32.1. The average molecular weight is 372 g/mol. The second kappa shape index (κ2) is 7.84. The van der Waals surface area contributed by atoms with Crippen LogP contribution in [0.2, 0.25) is 0 Å². The average Bonchev–Trinajstić information content (AvgIpc) is 3.43. The standard InChI is InChI=1S/C18H20N4O3S/c23-18(14-4-2-12-24-14)22-10-8-21(9-11-22)7-1-6-16-19-17(20-25-16)15-5-3-13-26-15/h2-5,12-13H,1,6-11H2. The Morgan fingerprint density at radius 1 is 1.19 bits per heavy atom. The van der Waals surface area contributed by atoms with Crippen LogP contribution < -0.4 is 0 Å². The van der Waals surface area contributed by atoms with Crippen LogP contribution in [-0.2, 0) is 6.42 Å². The first-order valence-corrected chi connectivity index (χ1v) is 9.59. The molecule has 0 aliphatic carbocycles. The van der Waals surface area contributed by atoms with Crippen molar-refractivity contribution in [1.29, 1.82) is 0 Å². The van der Waals surface area contributed by atoms with Crippen molar-refractivity contribution in [3.05, 3.63) is 47.6 Å². The first-order valence-electron chi connectivity index (χ1n) is 8.71. The number of carbonyl (C=O) groups excluding carboxylic acids is 1. The number of carbonyl (C=O) groups is 1. The first kappa shape index (κ1) is 17.0. The summed E-state index contributed by atoms with van der Waals surface area (Å²) in [6.45, 7) is 4.15. The first-order chi connectivity index (χ1) is 12.8. The maximum Gasteiger partial charge on any atom is 0.289 e. The minimum absolute atomic E-state index is 0.0263. The highest BCUT2D eigenvalue weighted by Gasteiger charge is 2.23. The topological polar surface area (TPSA) is 75.6 Å². The molecule has 0 bridgehead atoms. The van der Waals surface area contributed by atoms with Crippen LogP contribution >= 0.6 is 11.3 Å². The normalized spacial score (nSPS) is 15.5. The Bertz CT molecular complexity index is 821. The van der Waals surface area contributed by atoms with E-state index in [1.165, 1.54) is 6.26 Å². The maximum absolute atomic E-state index is 12.3. The minimum atomic E-state index is -0.0263. The van der Waals surface area contributed by atoms with Gasteiger partial charge in [-0.25, -0.2) is 0 Å². The predicted molar refractivity (Wildman–Crippen MR) is 97.0 cm³/mol. The van der Waals surface area contributed by atoms with Gasteiger partial charge in [0.15, 0.2) is 5.76 Å². The Kier molecular flexibility index (Phi) is 5.12. The summed E-state index contributed by atoms with van der Waals surface area (Å²) in [6, 6.07) is 7.42. The molecule has 0 radical (unpaired) electrons. The molecule has 1 aliphatic rings. The van der Waals surface area contributed by atoms with E-state index in [2.05, 4.69) is 15.0 Å². The monoisotopic (exact) mass is 372 g/mol. The van der Waals surface area contributed by atoms with Crippen LogP contribution in [0, 0.1) is 0 Å². The lowest BCUT2D eigenvalue weighted by atomic mass is 10.2. The van der Waals surface area contributed by atoms with Crippen molar-refractivity contribution < 1.29 is 13.7 Å². The van der Waals surface area contributed by atoms with Gasteiger partial charge in [0.2, 0.25) is 11.7 Å². The van der Waals surface area contributed by atoms with Crippen molar-refractivity contribution in [2.24, 2.45) is 0 Å². The van der Waals surface area contributed by atoms with Crippen LogP contribution in [0.5, 0.6) is 0 Å². The number of nitrogens with zero attached hydrogens (tertiary/aromatic N) is 4. The van der Waals surface area contributed by atoms with E-state index in [4.69, 9.17) is 8.94 Å². The lowest BCUT2D eigenvalue weighted by Gasteiger charge is -2.34. The van der Waals surface area contributed by atoms with Gasteiger partial charge in [0.25, 0.3) is 5.91 Å². The van der Waals surface area contributed by atoms with E-state index in [-0.39, 0.29) is 5.91 Å². The van der Waals surface area contributed by atoms with E-state index < -0.39 is 0 Å². The summed E-state index contributed by atoms with van der Waals surface area (Å²) in [6.07, 6.45) is 3.26. The van der Waals surface area contributed by atoms with E-state index >= 15 is 0 Å². The molecule has 1 amide bonds. The van der Waals surface area contributed by atoms with Crippen LogP contribution in [-0.4, -0.2) is 58.6 Å². The zero-order valence-corrected chi connectivity index (χ0v) is 15.2. The quantitative estimate of drug-likeness (QED) is 0.662. The zero-order chi connectivity index (χ0) is 17.8. The van der Waals surface area contributed by atoms with Crippen LogP contribution in [0.25, 0.3) is 10.7 Å². The van der Waals surface area contributed by atoms with Gasteiger partial charge in [0.05, 0.1) is 11.1 Å². The molecule has 3 aromatic heterocycles. The van der Waals surface area contributed by atoms with E-state index in [0.717, 1.165) is 50.4 Å². The molecule has 3 aromatic rings. The van der Waals surface area contributed by atoms with E-state index in [0.29, 0.717) is 17.5 Å². The van der Waals surface area contributed by atoms with Crippen LogP contribution in [0.3, 0.4) is 0 Å². The SMILES string of the molecule is O=C(c1ccco1)N1CCN(CCCc2nc(-c3cccs3)no2)CC1. The van der Waals surface area contributed by atoms with Gasteiger partial charge in [-0.1, -0.05) is 11.2 Å². The molecule has 26 heavy (non-hydrogen) atoms. The van der Waals surface area contributed by atoms with E-state index in [1.54, 1.807) is 23.5 Å². The molecule has 4 rings (SSSR count). The van der Waals surface area contributed by atoms with Gasteiger partial charge in [0, 0.05) is 32.6 Å². The number of thiophene rings is 1. The predicted octanol–water partition coefficient (Wildman–Crippen LogP) is 2.78. The number of furan rings is 1. The molecule has 8 heteroatoms. The zero-order valence-electron chi connectivity index (χ0n) is 14.3. The summed E-state index contributed by atoms with van der Waals surface area (Å²) in [4.78, 5) is 21.9. The molecule has 0 N–H and O–H groups in total. The van der Waals surface area contributed by atoms with Crippen molar-refractivity contribution >= 4 is 17.2 Å². The molecule has 0 atom stereocenters. The van der Waals surface area contributed by atoms with Crippen molar-refractivity contribution in [3.8, 4) is 10.7 Å². The fourth-order valence-electron chi connectivity index (χ4n) is 3.05. The minimum Gasteiger partial charge on any atom is -0.459 e. The molecule has 0 saturated carbocycles. The highest BCUT2D eigenvalue weighted by Crippen LogP contribution is 2.21. The van der Waals surface area contributed by atoms with E-state index in [9.17, 15) is 4.79 Å². The lowest BCUT2D eigenvalue weighted by Crippen LogP contribution is -2.48. The third-order valence-electron chi connectivity index (χ3n) is 4.47. The molecular weight excluding hydrogens is 352 g/mol. The van der Waals surface area contributed by atoms with Gasteiger partial charge in [0.1, 0.15) is 0 Å². The molecule has 1 saturated heterocycles. The summed E-state index contributed by atoms with van der Waals surface area (Å²) < 4.78 is 10.5. The number of piperazine rings is 1. The van der Waals surface area contributed by atoms with Gasteiger partial charge in [-0.05, 0) is 36.5 Å². The molecule has 1 aliphatic heterocycles. The van der Waals surface area contributed by atoms with Crippen molar-refractivity contribution in [2.45, 2.75) is 12.8 Å². The molecule has 7 nitrogen and oxygen atoms in total. The number of aryl methyl sites for hydroxylation is 1. The fourth-order valence-corrected chi connectivity index (χ4v) is 3.70. The summed E-state index contributed by atoms with van der Waals surface area (Å²) >= 11 is 1.61. The molecule has 0 unspecified atom stereocenters. The highest BCUT2D eigenvalue weighted by molar-refractivity contribution is 7.13. The van der Waals surface area contributed by atoms with Gasteiger partial charge in [-0.15, -0.1) is 11.3 Å². The van der Waals surface area contributed by atoms with Crippen molar-refractivity contribution in [1.82, 2.24) is 19.9 Å². The van der Waals surface area contributed by atoms with Crippen LogP contribution in [0.15, 0.2) is 44.8 Å². The second-order valence-corrected chi connectivity index (χ2v) is 7.15. The van der Waals surface area contributed by atoms with E-state index in [1.807, 2.05) is 22.4 Å². The molecule has 0 spiro atoms. The smallest absolute Gasteiger partial charge is 0.289 e. The summed E-state index contributed by atoms with van der Waals surface area (Å²) in [5, 5.41) is 6.04. The Hall–Kier alpha value is -2.45. The third-order valence-corrected chi connectivity index (χ3v) is 5.33. The van der Waals surface area contributed by atoms with Crippen molar-refractivity contribution in [3.63, 3.8) is 0 Å². The number of hydrogen-bond donors (Lipinski definition) is 0. The van der Waals surface area contributed by atoms with Gasteiger partial charge in [-0.2, -0.15) is 4.98 Å². The van der Waals surface area contributed by atoms with Crippen LogP contribution in [0.1, 0.15) is 22.9 Å². The Morgan fingerprint density at radius 2 is 2.08 bits per heavy atom. The maximum atomic E-state index is 12.3. The number of amides is 1. The summed E-state index contributed by atoms with van der Waals surface area (Å²) in [5.74, 6) is 1.73. The summed E-state index contributed by atoms with van der Waals surface area (Å²) in [5.41, 5.74) is 0. The van der Waals surface area contributed by atoms with Gasteiger partial charge < -0.3 is 13.8 Å². The Labute approximate surface area is 155 Å². The Balaban J connectivity index is 1.20. The third kappa shape index (κ3) is 3.86. The lowest BCUT2D eigenvalue weighted by molar-refractivity contribution is 0.0605. The number of aromatic nitrogens is 2. The number of hydrogen-bond acceptors (Lipinski definition) is 7. The van der Waals surface area contributed by atoms with Gasteiger partial charge >= 0.3 is 0 Å². The molecule has 1 fully saturated rings. The van der Waals surface area contributed by atoms with Crippen molar-refractivity contribution in [2.75, 3.05) is 32.7 Å². The number of rotatable bonds is 6. The Morgan fingerprint density at radius 3 is 2.81 bits per heavy atom. The fraction of sp³-hybridized carbons (Fsp3) is 0.389.